The molecule has 8 nitrogen and oxygen atoms in total. The first-order valence-electron chi connectivity index (χ1n) is 15.0. The van der Waals surface area contributed by atoms with Crippen LogP contribution in [0.2, 0.25) is 0 Å². The van der Waals surface area contributed by atoms with Gasteiger partial charge in [0.2, 0.25) is 5.91 Å². The van der Waals surface area contributed by atoms with Crippen LogP contribution in [0, 0.1) is 5.82 Å². The van der Waals surface area contributed by atoms with E-state index in [0.717, 1.165) is 12.0 Å². The number of fused-ring (bicyclic) bond motifs is 3. The van der Waals surface area contributed by atoms with Crippen LogP contribution in [0.15, 0.2) is 66.9 Å². The van der Waals surface area contributed by atoms with E-state index in [1.807, 2.05) is 18.2 Å². The van der Waals surface area contributed by atoms with Crippen LogP contribution < -0.4 is 14.5 Å². The molecule has 0 N–H and O–H groups in total. The summed E-state index contributed by atoms with van der Waals surface area (Å²) >= 11 is 0. The Morgan fingerprint density at radius 1 is 1.07 bits per heavy atom. The van der Waals surface area contributed by atoms with Gasteiger partial charge in [-0.25, -0.2) is 27.4 Å². The molecule has 3 amide bonds. The lowest BCUT2D eigenvalue weighted by atomic mass is 9.77. The number of benzene rings is 2. The Morgan fingerprint density at radius 2 is 1.84 bits per heavy atom. The maximum absolute atomic E-state index is 15.0. The molecule has 2 saturated carbocycles. The van der Waals surface area contributed by atoms with Gasteiger partial charge in [-0.05, 0) is 47.9 Å². The standard InChI is InChI=1S/C33H30F3N4O4/c1-44-26-10-5-13-37-30(26)39-24(11-12-27(39)41)31(42)38(19-7-4-6-18(34)14-19)28-22-9-3-2-8-21(22)23-15-25-29(23)40(25,32(28)43)20-16-33(35,36)17-20/h2-10,13-14,20,23-25,28-29H,11-12,15-17H2,1H3/q+1. The number of anilines is 2. The molecule has 2 aliphatic carbocycles. The first kappa shape index (κ1) is 27.3. The van der Waals surface area contributed by atoms with Crippen molar-refractivity contribution in [3.05, 3.63) is 83.8 Å². The van der Waals surface area contributed by atoms with E-state index in [-0.39, 0.29) is 71.5 Å². The normalized spacial score (nSPS) is 31.3. The van der Waals surface area contributed by atoms with E-state index in [0.29, 0.717) is 11.3 Å². The number of hydrogen-bond acceptors (Lipinski definition) is 5. The van der Waals surface area contributed by atoms with Crippen LogP contribution in [0.25, 0.3) is 0 Å². The monoisotopic (exact) mass is 603 g/mol. The minimum absolute atomic E-state index is 0.00571. The second-order valence-corrected chi connectivity index (χ2v) is 12.6. The van der Waals surface area contributed by atoms with Gasteiger partial charge >= 0.3 is 5.91 Å². The molecule has 8 rings (SSSR count). The molecule has 0 bridgehead atoms. The lowest BCUT2D eigenvalue weighted by Gasteiger charge is -2.42. The molecule has 3 aromatic rings. The molecule has 1 aromatic heterocycles. The van der Waals surface area contributed by atoms with Crippen LogP contribution in [0.5, 0.6) is 5.75 Å². The van der Waals surface area contributed by atoms with Gasteiger partial charge in [-0.15, -0.1) is 0 Å². The van der Waals surface area contributed by atoms with Gasteiger partial charge < -0.3 is 4.74 Å². The number of quaternary nitrogens is 1. The highest BCUT2D eigenvalue weighted by Gasteiger charge is 2.87. The second kappa shape index (κ2) is 9.37. The zero-order valence-electron chi connectivity index (χ0n) is 23.9. The molecule has 2 saturated heterocycles. The number of rotatable bonds is 6. The van der Waals surface area contributed by atoms with Crippen LogP contribution in [0.4, 0.5) is 24.7 Å². The van der Waals surface area contributed by atoms with Crippen molar-refractivity contribution < 1.29 is 36.8 Å². The summed E-state index contributed by atoms with van der Waals surface area (Å²) in [4.78, 5) is 50.1. The third-order valence-corrected chi connectivity index (χ3v) is 10.5. The van der Waals surface area contributed by atoms with Gasteiger partial charge in [-0.1, -0.05) is 30.3 Å². The van der Waals surface area contributed by atoms with E-state index in [2.05, 4.69) is 4.98 Å². The van der Waals surface area contributed by atoms with E-state index >= 15 is 4.79 Å². The molecule has 6 unspecified atom stereocenters. The van der Waals surface area contributed by atoms with Crippen molar-refractivity contribution in [1.82, 2.24) is 4.98 Å². The van der Waals surface area contributed by atoms with Gasteiger partial charge in [0.05, 0.1) is 20.0 Å². The number of amides is 3. The molecule has 3 aliphatic heterocycles. The van der Waals surface area contributed by atoms with Crippen LogP contribution in [-0.4, -0.2) is 64.4 Å². The van der Waals surface area contributed by atoms with Crippen LogP contribution in [-0.2, 0) is 14.4 Å². The highest BCUT2D eigenvalue weighted by Crippen LogP contribution is 2.70. The number of pyridine rings is 1. The Balaban J connectivity index is 1.28. The molecule has 4 fully saturated rings. The summed E-state index contributed by atoms with van der Waals surface area (Å²) in [5.74, 6) is -4.17. The fraction of sp³-hybridized carbons (Fsp3) is 0.394. The maximum Gasteiger partial charge on any atom is 0.342 e. The van der Waals surface area contributed by atoms with Crippen molar-refractivity contribution in [1.29, 1.82) is 0 Å². The van der Waals surface area contributed by atoms with E-state index in [1.165, 1.54) is 41.3 Å². The molecule has 4 heterocycles. The van der Waals surface area contributed by atoms with Gasteiger partial charge in [-0.3, -0.25) is 19.4 Å². The van der Waals surface area contributed by atoms with Gasteiger partial charge in [-0.2, -0.15) is 0 Å². The average Bonchev–Trinajstić information content (AvgIpc) is 3.32. The highest BCUT2D eigenvalue weighted by molar-refractivity contribution is 6.11. The van der Waals surface area contributed by atoms with Gasteiger partial charge in [0.25, 0.3) is 11.8 Å². The van der Waals surface area contributed by atoms with Crippen molar-refractivity contribution >= 4 is 29.2 Å². The zero-order chi connectivity index (χ0) is 30.5. The number of carbonyl (C=O) groups is 3. The molecule has 226 valence electrons. The molecule has 2 aromatic carbocycles. The molecular weight excluding hydrogens is 573 g/mol. The third kappa shape index (κ3) is 3.62. The fourth-order valence-electron chi connectivity index (χ4n) is 8.57. The summed E-state index contributed by atoms with van der Waals surface area (Å²) in [7, 11) is 1.44. The first-order valence-corrected chi connectivity index (χ1v) is 15.0. The second-order valence-electron chi connectivity index (χ2n) is 12.6. The largest absolute Gasteiger partial charge is 0.493 e. The van der Waals surface area contributed by atoms with Gasteiger partial charge in [0, 0.05) is 30.6 Å². The Hall–Kier alpha value is -4.25. The first-order chi connectivity index (χ1) is 21.2. The predicted molar refractivity (Wildman–Crippen MR) is 153 cm³/mol. The number of ether oxygens (including phenoxy) is 1. The van der Waals surface area contributed by atoms with E-state index in [1.54, 1.807) is 24.3 Å². The number of aromatic nitrogens is 1. The molecule has 5 aliphatic rings. The highest BCUT2D eigenvalue weighted by atomic mass is 19.3. The summed E-state index contributed by atoms with van der Waals surface area (Å²) < 4.78 is 48.8. The van der Waals surface area contributed by atoms with Crippen molar-refractivity contribution in [3.63, 3.8) is 0 Å². The Bertz CT molecular complexity index is 1730. The molecular formula is C33H30F3N4O4+. The van der Waals surface area contributed by atoms with E-state index in [9.17, 15) is 22.8 Å². The van der Waals surface area contributed by atoms with E-state index in [4.69, 9.17) is 4.74 Å². The van der Waals surface area contributed by atoms with Crippen molar-refractivity contribution in [2.45, 2.75) is 74.2 Å². The van der Waals surface area contributed by atoms with Crippen molar-refractivity contribution in [3.8, 4) is 5.75 Å². The summed E-state index contributed by atoms with van der Waals surface area (Å²) in [5, 5.41) is 0. The van der Waals surface area contributed by atoms with Gasteiger partial charge in [0.1, 0.15) is 17.9 Å². The fourth-order valence-corrected chi connectivity index (χ4v) is 8.57. The third-order valence-electron chi connectivity index (χ3n) is 10.5. The molecule has 0 spiro atoms. The average molecular weight is 604 g/mol. The number of nitrogens with zero attached hydrogens (tertiary/aromatic N) is 4. The smallest absolute Gasteiger partial charge is 0.342 e. The Labute approximate surface area is 251 Å². The summed E-state index contributed by atoms with van der Waals surface area (Å²) in [6.45, 7) is 0. The summed E-state index contributed by atoms with van der Waals surface area (Å²) in [5.41, 5.74) is 1.68. The SMILES string of the molecule is COc1cccnc1N1C(=O)CCC1C(=O)N(c1cccc(F)c1)C1C(=O)[N+]2(C3CC(F)(F)C3)C3CC(c4ccccc41)C32. The van der Waals surface area contributed by atoms with Crippen LogP contribution in [0.3, 0.4) is 0 Å². The van der Waals surface area contributed by atoms with Crippen LogP contribution in [0.1, 0.15) is 55.2 Å². The number of hydrogen-bond donors (Lipinski definition) is 0. The zero-order valence-corrected chi connectivity index (χ0v) is 23.9. The molecule has 44 heavy (non-hydrogen) atoms. The van der Waals surface area contributed by atoms with E-state index < -0.39 is 35.8 Å². The number of carbonyl (C=O) groups excluding carboxylic acids is 3. The Morgan fingerprint density at radius 3 is 2.57 bits per heavy atom. The minimum Gasteiger partial charge on any atom is -0.493 e. The quantitative estimate of drug-likeness (QED) is 0.296. The number of halogens is 3. The van der Waals surface area contributed by atoms with Gasteiger partial charge in [0.15, 0.2) is 29.7 Å². The van der Waals surface area contributed by atoms with Crippen LogP contribution >= 0.6 is 0 Å². The predicted octanol–water partition coefficient (Wildman–Crippen LogP) is 4.89. The Kier molecular flexibility index (Phi) is 5.82. The maximum atomic E-state index is 15.0. The van der Waals surface area contributed by atoms with Crippen molar-refractivity contribution in [2.75, 3.05) is 16.9 Å². The lowest BCUT2D eigenvalue weighted by molar-refractivity contribution is -0.784. The topological polar surface area (TPSA) is 79.8 Å². The molecule has 0 radical (unpaired) electrons. The number of alkyl halides is 2. The lowest BCUT2D eigenvalue weighted by Crippen LogP contribution is -2.60. The summed E-state index contributed by atoms with van der Waals surface area (Å²) in [6.07, 6.45) is 1.68. The minimum atomic E-state index is -2.82. The molecule has 6 atom stereocenters. The number of methoxy groups -OCH3 is 1. The van der Waals surface area contributed by atoms with Crippen molar-refractivity contribution in [2.24, 2.45) is 0 Å². The molecule has 11 heteroatoms. The summed E-state index contributed by atoms with van der Waals surface area (Å²) in [6, 6.07) is 13.2.